The zero-order chi connectivity index (χ0) is 16.6. The molecule has 25 heavy (non-hydrogen) atoms. The van der Waals surface area contributed by atoms with Gasteiger partial charge >= 0.3 is 0 Å². The molecule has 0 spiro atoms. The van der Waals surface area contributed by atoms with Crippen LogP contribution in [-0.4, -0.2) is 41.3 Å². The second-order valence-corrected chi connectivity index (χ2v) is 6.24. The SMILES string of the molecule is c1ccc2[nH]c(-c3cnc4ccccc4c3N3CCOCC3)nc2c1. The van der Waals surface area contributed by atoms with E-state index < -0.39 is 0 Å². The number of para-hydroxylation sites is 3. The molecule has 0 amide bonds. The van der Waals surface area contributed by atoms with E-state index in [0.29, 0.717) is 0 Å². The Balaban J connectivity index is 1.76. The van der Waals surface area contributed by atoms with Gasteiger partial charge in [-0.25, -0.2) is 4.98 Å². The van der Waals surface area contributed by atoms with Gasteiger partial charge in [-0.3, -0.25) is 4.98 Å². The Morgan fingerprint density at radius 1 is 0.920 bits per heavy atom. The minimum absolute atomic E-state index is 0.746. The fraction of sp³-hybridized carbons (Fsp3) is 0.200. The highest BCUT2D eigenvalue weighted by molar-refractivity contribution is 5.99. The van der Waals surface area contributed by atoms with Crippen LogP contribution in [0.3, 0.4) is 0 Å². The summed E-state index contributed by atoms with van der Waals surface area (Å²) in [6.45, 7) is 3.24. The van der Waals surface area contributed by atoms with Gasteiger partial charge in [0.25, 0.3) is 0 Å². The Kier molecular flexibility index (Phi) is 3.38. The third-order valence-electron chi connectivity index (χ3n) is 4.72. The van der Waals surface area contributed by atoms with Crippen LogP contribution < -0.4 is 4.90 Å². The fourth-order valence-electron chi connectivity index (χ4n) is 3.51. The molecule has 3 heterocycles. The molecule has 0 aliphatic carbocycles. The highest BCUT2D eigenvalue weighted by atomic mass is 16.5. The van der Waals surface area contributed by atoms with Crippen LogP contribution in [0.25, 0.3) is 33.3 Å². The lowest BCUT2D eigenvalue weighted by molar-refractivity contribution is 0.123. The minimum atomic E-state index is 0.746. The molecule has 5 nitrogen and oxygen atoms in total. The van der Waals surface area contributed by atoms with Gasteiger partial charge in [0.2, 0.25) is 0 Å². The van der Waals surface area contributed by atoms with Crippen LogP contribution in [0.2, 0.25) is 0 Å². The van der Waals surface area contributed by atoms with Gasteiger partial charge in [0.15, 0.2) is 0 Å². The maximum Gasteiger partial charge on any atom is 0.142 e. The van der Waals surface area contributed by atoms with E-state index in [-0.39, 0.29) is 0 Å². The number of aromatic amines is 1. The molecule has 0 unspecified atom stereocenters. The second kappa shape index (κ2) is 5.86. The predicted molar refractivity (Wildman–Crippen MR) is 99.9 cm³/mol. The molecule has 1 N–H and O–H groups in total. The van der Waals surface area contributed by atoms with E-state index in [9.17, 15) is 0 Å². The van der Waals surface area contributed by atoms with Crippen molar-refractivity contribution in [2.24, 2.45) is 0 Å². The molecule has 2 aromatic carbocycles. The van der Waals surface area contributed by atoms with Gasteiger partial charge in [-0.05, 0) is 18.2 Å². The zero-order valence-corrected chi connectivity index (χ0v) is 13.8. The van der Waals surface area contributed by atoms with E-state index in [4.69, 9.17) is 9.72 Å². The summed E-state index contributed by atoms with van der Waals surface area (Å²) < 4.78 is 5.55. The molecule has 0 radical (unpaired) electrons. The number of aromatic nitrogens is 3. The van der Waals surface area contributed by atoms with Gasteiger partial charge < -0.3 is 14.6 Å². The smallest absolute Gasteiger partial charge is 0.142 e. The van der Waals surface area contributed by atoms with E-state index >= 15 is 0 Å². The number of benzene rings is 2. The lowest BCUT2D eigenvalue weighted by Crippen LogP contribution is -2.36. The number of nitrogens with one attached hydrogen (secondary N) is 1. The molecule has 1 aliphatic heterocycles. The highest BCUT2D eigenvalue weighted by Crippen LogP contribution is 2.36. The third kappa shape index (κ3) is 2.44. The molecule has 0 atom stereocenters. The van der Waals surface area contributed by atoms with E-state index in [1.54, 1.807) is 0 Å². The number of nitrogens with zero attached hydrogens (tertiary/aromatic N) is 3. The molecule has 0 bridgehead atoms. The van der Waals surface area contributed by atoms with Crippen LogP contribution in [0.5, 0.6) is 0 Å². The van der Waals surface area contributed by atoms with Gasteiger partial charge in [0.05, 0.1) is 41.0 Å². The van der Waals surface area contributed by atoms with Crippen LogP contribution in [0, 0.1) is 0 Å². The van der Waals surface area contributed by atoms with Crippen LogP contribution in [0.1, 0.15) is 0 Å². The molecule has 5 rings (SSSR count). The number of imidazole rings is 1. The van der Waals surface area contributed by atoms with Crippen molar-refractivity contribution in [3.8, 4) is 11.4 Å². The number of H-pyrrole nitrogens is 1. The summed E-state index contributed by atoms with van der Waals surface area (Å²) in [5.41, 5.74) is 5.24. The number of anilines is 1. The van der Waals surface area contributed by atoms with Crippen molar-refractivity contribution < 1.29 is 4.74 Å². The molecule has 2 aromatic heterocycles. The Morgan fingerprint density at radius 2 is 1.68 bits per heavy atom. The van der Waals surface area contributed by atoms with Crippen LogP contribution in [-0.2, 0) is 4.74 Å². The number of fused-ring (bicyclic) bond motifs is 2. The topological polar surface area (TPSA) is 54.0 Å². The summed E-state index contributed by atoms with van der Waals surface area (Å²) in [5.74, 6) is 0.862. The maximum absolute atomic E-state index is 5.55. The van der Waals surface area contributed by atoms with Gasteiger partial charge in [0, 0.05) is 24.7 Å². The average molecular weight is 330 g/mol. The van der Waals surface area contributed by atoms with Crippen LogP contribution >= 0.6 is 0 Å². The van der Waals surface area contributed by atoms with Gasteiger partial charge in [-0.2, -0.15) is 0 Å². The minimum Gasteiger partial charge on any atom is -0.378 e. The van der Waals surface area contributed by atoms with Crippen molar-refractivity contribution >= 4 is 27.6 Å². The number of pyridine rings is 1. The van der Waals surface area contributed by atoms with Crippen LogP contribution in [0.4, 0.5) is 5.69 Å². The van der Waals surface area contributed by atoms with Crippen molar-refractivity contribution in [1.82, 2.24) is 15.0 Å². The zero-order valence-electron chi connectivity index (χ0n) is 13.8. The molecule has 4 aromatic rings. The Labute approximate surface area is 145 Å². The van der Waals surface area contributed by atoms with Crippen molar-refractivity contribution in [3.05, 3.63) is 54.7 Å². The van der Waals surface area contributed by atoms with Crippen molar-refractivity contribution in [3.63, 3.8) is 0 Å². The Morgan fingerprint density at radius 3 is 2.52 bits per heavy atom. The van der Waals surface area contributed by atoms with Crippen molar-refractivity contribution in [2.45, 2.75) is 0 Å². The van der Waals surface area contributed by atoms with Crippen LogP contribution in [0.15, 0.2) is 54.7 Å². The number of hydrogen-bond acceptors (Lipinski definition) is 4. The van der Waals surface area contributed by atoms with Gasteiger partial charge in [-0.15, -0.1) is 0 Å². The number of ether oxygens (including phenoxy) is 1. The summed E-state index contributed by atoms with van der Waals surface area (Å²) >= 11 is 0. The number of morpholine rings is 1. The first-order chi connectivity index (χ1) is 12.4. The maximum atomic E-state index is 5.55. The number of hydrogen-bond donors (Lipinski definition) is 1. The molecule has 1 fully saturated rings. The summed E-state index contributed by atoms with van der Waals surface area (Å²) in [6.07, 6.45) is 1.94. The first kappa shape index (κ1) is 14.4. The summed E-state index contributed by atoms with van der Waals surface area (Å²) in [5, 5.41) is 1.15. The van der Waals surface area contributed by atoms with Gasteiger partial charge in [-0.1, -0.05) is 30.3 Å². The molecular weight excluding hydrogens is 312 g/mol. The lowest BCUT2D eigenvalue weighted by Gasteiger charge is -2.31. The van der Waals surface area contributed by atoms with E-state index in [0.717, 1.165) is 59.6 Å². The lowest BCUT2D eigenvalue weighted by atomic mass is 10.1. The molecule has 5 heteroatoms. The third-order valence-corrected chi connectivity index (χ3v) is 4.72. The normalized spacial score (nSPS) is 15.1. The molecule has 0 saturated carbocycles. The first-order valence-electron chi connectivity index (χ1n) is 8.56. The Bertz CT molecular complexity index is 1020. The predicted octanol–water partition coefficient (Wildman–Crippen LogP) is 3.61. The molecular formula is C20H18N4O. The largest absolute Gasteiger partial charge is 0.378 e. The highest BCUT2D eigenvalue weighted by Gasteiger charge is 2.21. The summed E-state index contributed by atoms with van der Waals surface area (Å²) in [4.78, 5) is 15.3. The number of rotatable bonds is 2. The standard InChI is InChI=1S/C20H18N4O/c1-2-6-16-14(5-1)19(24-9-11-25-12-10-24)15(13-21-16)20-22-17-7-3-4-8-18(17)23-20/h1-8,13H,9-12H2,(H,22,23). The molecule has 124 valence electrons. The Hall–Kier alpha value is -2.92. The summed E-state index contributed by atoms with van der Waals surface area (Å²) in [7, 11) is 0. The van der Waals surface area contributed by atoms with Gasteiger partial charge in [0.1, 0.15) is 5.82 Å². The van der Waals surface area contributed by atoms with E-state index in [2.05, 4.69) is 39.1 Å². The van der Waals surface area contributed by atoms with Crippen molar-refractivity contribution in [2.75, 3.05) is 31.2 Å². The van der Waals surface area contributed by atoms with E-state index in [1.165, 1.54) is 5.69 Å². The molecule has 1 saturated heterocycles. The fourth-order valence-corrected chi connectivity index (χ4v) is 3.51. The quantitative estimate of drug-likeness (QED) is 0.610. The average Bonchev–Trinajstić information content (AvgIpc) is 3.12. The molecule has 1 aliphatic rings. The monoisotopic (exact) mass is 330 g/mol. The first-order valence-corrected chi connectivity index (χ1v) is 8.56. The van der Waals surface area contributed by atoms with E-state index in [1.807, 2.05) is 30.5 Å². The van der Waals surface area contributed by atoms with Crippen molar-refractivity contribution in [1.29, 1.82) is 0 Å². The summed E-state index contributed by atoms with van der Waals surface area (Å²) in [6, 6.07) is 16.4. The second-order valence-electron chi connectivity index (χ2n) is 6.24.